The van der Waals surface area contributed by atoms with Gasteiger partial charge in [-0.15, -0.1) is 0 Å². The third kappa shape index (κ3) is 5.40. The molecular formula is C23H31N3O3S. The Labute approximate surface area is 179 Å². The fourth-order valence-corrected chi connectivity index (χ4v) is 4.46. The fourth-order valence-electron chi connectivity index (χ4n) is 3.85. The van der Waals surface area contributed by atoms with E-state index < -0.39 is 16.1 Å². The van der Waals surface area contributed by atoms with Gasteiger partial charge in [0.05, 0.1) is 12.3 Å². The molecular weight excluding hydrogens is 398 g/mol. The van der Waals surface area contributed by atoms with Gasteiger partial charge < -0.3 is 10.2 Å². The van der Waals surface area contributed by atoms with Crippen LogP contribution in [0.2, 0.25) is 0 Å². The summed E-state index contributed by atoms with van der Waals surface area (Å²) in [4.78, 5) is 15.5. The van der Waals surface area contributed by atoms with Crippen molar-refractivity contribution in [2.45, 2.75) is 38.3 Å². The van der Waals surface area contributed by atoms with Gasteiger partial charge in [0.25, 0.3) is 0 Å². The van der Waals surface area contributed by atoms with Gasteiger partial charge in [0.1, 0.15) is 6.04 Å². The lowest BCUT2D eigenvalue weighted by Crippen LogP contribution is -2.42. The van der Waals surface area contributed by atoms with Crippen molar-refractivity contribution in [3.05, 3.63) is 65.7 Å². The molecule has 1 aliphatic rings. The maximum absolute atomic E-state index is 13.1. The molecule has 0 spiro atoms. The molecule has 3 rings (SSSR count). The zero-order valence-electron chi connectivity index (χ0n) is 17.9. The lowest BCUT2D eigenvalue weighted by Gasteiger charge is -2.29. The summed E-state index contributed by atoms with van der Waals surface area (Å²) < 4.78 is 25.4. The summed E-state index contributed by atoms with van der Waals surface area (Å²) in [5, 5.41) is 2.99. The third-order valence-electron chi connectivity index (χ3n) is 5.72. The van der Waals surface area contributed by atoms with Crippen molar-refractivity contribution in [1.29, 1.82) is 0 Å². The molecule has 0 radical (unpaired) electrons. The Hall–Kier alpha value is -2.38. The minimum Gasteiger partial charge on any atom is -0.372 e. The molecule has 7 heteroatoms. The fraction of sp³-hybridized carbons (Fsp3) is 0.435. The molecule has 0 aromatic heterocycles. The van der Waals surface area contributed by atoms with E-state index in [4.69, 9.17) is 0 Å². The van der Waals surface area contributed by atoms with E-state index in [-0.39, 0.29) is 11.9 Å². The van der Waals surface area contributed by atoms with Crippen molar-refractivity contribution >= 4 is 21.6 Å². The number of sulfonamides is 1. The van der Waals surface area contributed by atoms with Gasteiger partial charge in [-0.05, 0) is 49.4 Å². The van der Waals surface area contributed by atoms with Crippen molar-refractivity contribution < 1.29 is 13.2 Å². The highest BCUT2D eigenvalue weighted by Crippen LogP contribution is 2.25. The molecule has 2 aromatic rings. The van der Waals surface area contributed by atoms with Crippen LogP contribution < -0.4 is 10.2 Å². The Kier molecular flexibility index (Phi) is 7.15. The minimum atomic E-state index is -3.55. The van der Waals surface area contributed by atoms with Crippen LogP contribution in [0.3, 0.4) is 0 Å². The molecule has 2 aromatic carbocycles. The zero-order chi connectivity index (χ0) is 21.7. The van der Waals surface area contributed by atoms with E-state index in [1.165, 1.54) is 32.0 Å². The second kappa shape index (κ2) is 9.62. The number of hydrogen-bond acceptors (Lipinski definition) is 4. The smallest absolute Gasteiger partial charge is 0.243 e. The summed E-state index contributed by atoms with van der Waals surface area (Å²) >= 11 is 0. The molecule has 1 fully saturated rings. The van der Waals surface area contributed by atoms with Crippen LogP contribution in [0.4, 0.5) is 5.69 Å². The van der Waals surface area contributed by atoms with Gasteiger partial charge >= 0.3 is 0 Å². The molecule has 2 unspecified atom stereocenters. The van der Waals surface area contributed by atoms with Crippen LogP contribution >= 0.6 is 0 Å². The Morgan fingerprint density at radius 3 is 2.13 bits per heavy atom. The highest BCUT2D eigenvalue weighted by atomic mass is 32.2. The summed E-state index contributed by atoms with van der Waals surface area (Å²) in [5.41, 5.74) is 2.82. The van der Waals surface area contributed by atoms with Gasteiger partial charge in [-0.25, -0.2) is 8.42 Å². The van der Waals surface area contributed by atoms with E-state index >= 15 is 0 Å². The SMILES string of the molecule is CC(NC(=O)C(c1ccccc1)N(C)S(C)(=O)=O)c1ccc(N2CCCCC2)cc1. The van der Waals surface area contributed by atoms with Crippen molar-refractivity contribution in [2.75, 3.05) is 31.3 Å². The van der Waals surface area contributed by atoms with Gasteiger partial charge in [-0.3, -0.25) is 4.79 Å². The van der Waals surface area contributed by atoms with Gasteiger partial charge in [-0.1, -0.05) is 42.5 Å². The average molecular weight is 430 g/mol. The number of amides is 1. The molecule has 0 saturated carbocycles. The molecule has 30 heavy (non-hydrogen) atoms. The molecule has 162 valence electrons. The van der Waals surface area contributed by atoms with Crippen LogP contribution in [0.5, 0.6) is 0 Å². The number of likely N-dealkylation sites (N-methyl/N-ethyl adjacent to an activating group) is 1. The highest BCUT2D eigenvalue weighted by molar-refractivity contribution is 7.88. The van der Waals surface area contributed by atoms with E-state index in [1.54, 1.807) is 24.3 Å². The highest BCUT2D eigenvalue weighted by Gasteiger charge is 2.31. The van der Waals surface area contributed by atoms with Crippen LogP contribution in [-0.4, -0.2) is 45.0 Å². The number of nitrogens with one attached hydrogen (secondary N) is 1. The molecule has 6 nitrogen and oxygen atoms in total. The van der Waals surface area contributed by atoms with E-state index in [0.717, 1.165) is 29.2 Å². The van der Waals surface area contributed by atoms with E-state index in [1.807, 2.05) is 25.1 Å². The Balaban J connectivity index is 1.74. The van der Waals surface area contributed by atoms with Gasteiger partial charge in [0, 0.05) is 25.8 Å². The van der Waals surface area contributed by atoms with Crippen molar-refractivity contribution in [2.24, 2.45) is 0 Å². The first-order valence-electron chi connectivity index (χ1n) is 10.4. The minimum absolute atomic E-state index is 0.243. The number of carbonyl (C=O) groups is 1. The number of benzene rings is 2. The normalized spacial score (nSPS) is 16.9. The number of hydrogen-bond donors (Lipinski definition) is 1. The van der Waals surface area contributed by atoms with E-state index in [0.29, 0.717) is 5.56 Å². The maximum atomic E-state index is 13.1. The lowest BCUT2D eigenvalue weighted by molar-refractivity contribution is -0.125. The number of nitrogens with zero attached hydrogens (tertiary/aromatic N) is 2. The topological polar surface area (TPSA) is 69.7 Å². The Bertz CT molecular complexity index is 939. The van der Waals surface area contributed by atoms with Gasteiger partial charge in [0.15, 0.2) is 0 Å². The second-order valence-electron chi connectivity index (χ2n) is 7.96. The summed E-state index contributed by atoms with van der Waals surface area (Å²) in [6.45, 7) is 4.08. The first-order chi connectivity index (χ1) is 14.3. The maximum Gasteiger partial charge on any atom is 0.243 e. The van der Waals surface area contributed by atoms with Crippen molar-refractivity contribution in [1.82, 2.24) is 9.62 Å². The quantitative estimate of drug-likeness (QED) is 0.732. The zero-order valence-corrected chi connectivity index (χ0v) is 18.7. The summed E-state index contributed by atoms with van der Waals surface area (Å²) in [6.07, 6.45) is 4.85. The standard InChI is InChI=1S/C23H31N3O3S/c1-18(19-12-14-21(15-13-19)26-16-8-5-9-17-26)24-23(27)22(25(2)30(3,28)29)20-10-6-4-7-11-20/h4,6-7,10-15,18,22H,5,8-9,16-17H2,1-3H3,(H,24,27). The predicted molar refractivity (Wildman–Crippen MR) is 121 cm³/mol. The molecule has 0 bridgehead atoms. The number of piperidine rings is 1. The lowest BCUT2D eigenvalue weighted by atomic mass is 10.0. The first-order valence-corrected chi connectivity index (χ1v) is 12.3. The van der Waals surface area contributed by atoms with Crippen LogP contribution in [0.1, 0.15) is 49.4 Å². The Morgan fingerprint density at radius 1 is 0.967 bits per heavy atom. The number of anilines is 1. The summed E-state index contributed by atoms with van der Waals surface area (Å²) in [7, 11) is -2.11. The van der Waals surface area contributed by atoms with Crippen LogP contribution in [-0.2, 0) is 14.8 Å². The van der Waals surface area contributed by atoms with E-state index in [2.05, 4.69) is 22.3 Å². The van der Waals surface area contributed by atoms with Gasteiger partial charge in [0.2, 0.25) is 15.9 Å². The summed E-state index contributed by atoms with van der Waals surface area (Å²) in [5.74, 6) is -0.346. The second-order valence-corrected chi connectivity index (χ2v) is 10.0. The van der Waals surface area contributed by atoms with Gasteiger partial charge in [-0.2, -0.15) is 4.31 Å². The third-order valence-corrected chi connectivity index (χ3v) is 6.98. The van der Waals surface area contributed by atoms with Crippen LogP contribution in [0.15, 0.2) is 54.6 Å². The molecule has 1 saturated heterocycles. The molecule has 1 aliphatic heterocycles. The molecule has 0 aliphatic carbocycles. The summed E-state index contributed by atoms with van der Waals surface area (Å²) in [6, 6.07) is 16.1. The van der Waals surface area contributed by atoms with Crippen molar-refractivity contribution in [3.63, 3.8) is 0 Å². The molecule has 1 amide bonds. The predicted octanol–water partition coefficient (Wildman–Crippen LogP) is 3.49. The Morgan fingerprint density at radius 2 is 1.57 bits per heavy atom. The largest absolute Gasteiger partial charge is 0.372 e. The number of rotatable bonds is 7. The average Bonchev–Trinajstić information content (AvgIpc) is 2.74. The van der Waals surface area contributed by atoms with E-state index in [9.17, 15) is 13.2 Å². The molecule has 1 heterocycles. The first kappa shape index (κ1) is 22.3. The van der Waals surface area contributed by atoms with Crippen LogP contribution in [0.25, 0.3) is 0 Å². The van der Waals surface area contributed by atoms with Crippen molar-refractivity contribution in [3.8, 4) is 0 Å². The molecule has 2 atom stereocenters. The van der Waals surface area contributed by atoms with Crippen LogP contribution in [0, 0.1) is 0 Å². The number of carbonyl (C=O) groups excluding carboxylic acids is 1. The molecule has 1 N–H and O–H groups in total. The monoisotopic (exact) mass is 429 g/mol.